The van der Waals surface area contributed by atoms with Crippen LogP contribution in [-0.4, -0.2) is 33.0 Å². The van der Waals surface area contributed by atoms with E-state index in [1.807, 2.05) is 68.4 Å². The summed E-state index contributed by atoms with van der Waals surface area (Å²) in [4.78, 5) is 15.1. The summed E-state index contributed by atoms with van der Waals surface area (Å²) in [6.45, 7) is 9.08. The number of nitrogens with one attached hydrogen (secondary N) is 2. The number of ether oxygens (including phenoxy) is 1. The van der Waals surface area contributed by atoms with Gasteiger partial charge in [-0.2, -0.15) is 0 Å². The molecular weight excluding hydrogens is 462 g/mol. The number of para-hydroxylation sites is 1. The number of rotatable bonds is 8. The van der Waals surface area contributed by atoms with Crippen molar-refractivity contribution in [2.45, 2.75) is 51.1 Å². The summed E-state index contributed by atoms with van der Waals surface area (Å²) >= 11 is 0. The first-order valence-electron chi connectivity index (χ1n) is 11.4. The van der Waals surface area contributed by atoms with Gasteiger partial charge in [0.15, 0.2) is 0 Å². The zero-order valence-electron chi connectivity index (χ0n) is 21.0. The molecule has 0 unspecified atom stereocenters. The second kappa shape index (κ2) is 10.5. The first kappa shape index (κ1) is 26.2. The van der Waals surface area contributed by atoms with E-state index in [1.165, 1.54) is 19.2 Å². The van der Waals surface area contributed by atoms with Crippen LogP contribution in [0.3, 0.4) is 0 Å². The van der Waals surface area contributed by atoms with Crippen LogP contribution in [0.15, 0.2) is 77.7 Å². The predicted octanol–water partition coefficient (Wildman–Crippen LogP) is 5.57. The van der Waals surface area contributed by atoms with Gasteiger partial charge >= 0.3 is 0 Å². The molecule has 3 aromatic rings. The number of hydrogen-bond donors (Lipinski definition) is 2. The van der Waals surface area contributed by atoms with Crippen LogP contribution in [-0.2, 0) is 10.0 Å². The number of benzene rings is 3. The first-order chi connectivity index (χ1) is 16.4. The van der Waals surface area contributed by atoms with E-state index in [0.717, 1.165) is 11.4 Å². The lowest BCUT2D eigenvalue weighted by Crippen LogP contribution is -2.41. The summed E-state index contributed by atoms with van der Waals surface area (Å²) in [7, 11) is -2.52. The summed E-state index contributed by atoms with van der Waals surface area (Å²) in [5.41, 5.74) is 2.12. The molecule has 0 saturated heterocycles. The van der Waals surface area contributed by atoms with E-state index >= 15 is 0 Å². The number of sulfonamides is 1. The third kappa shape index (κ3) is 6.61. The first-order valence-corrected chi connectivity index (χ1v) is 12.9. The van der Waals surface area contributed by atoms with Gasteiger partial charge in [-0.05, 0) is 89.2 Å². The largest absolute Gasteiger partial charge is 0.495 e. The summed E-state index contributed by atoms with van der Waals surface area (Å²) in [5, 5.41) is 3.32. The molecule has 3 rings (SSSR count). The van der Waals surface area contributed by atoms with Crippen LogP contribution >= 0.6 is 0 Å². The Bertz CT molecular complexity index is 1270. The van der Waals surface area contributed by atoms with Gasteiger partial charge in [-0.15, -0.1) is 0 Å². The normalized spacial score (nSPS) is 11.9. The van der Waals surface area contributed by atoms with Gasteiger partial charge in [0.05, 0.1) is 7.11 Å². The maximum atomic E-state index is 13.6. The quantitative estimate of drug-likeness (QED) is 0.427. The van der Waals surface area contributed by atoms with Crippen molar-refractivity contribution in [1.29, 1.82) is 0 Å². The van der Waals surface area contributed by atoms with Crippen LogP contribution in [0.25, 0.3) is 0 Å². The molecule has 3 aromatic carbocycles. The van der Waals surface area contributed by atoms with Gasteiger partial charge in [-0.3, -0.25) is 4.79 Å². The minimum absolute atomic E-state index is 0.0770. The molecule has 0 bridgehead atoms. The highest BCUT2D eigenvalue weighted by Crippen LogP contribution is 2.29. The summed E-state index contributed by atoms with van der Waals surface area (Å²) in [6.07, 6.45) is 0. The molecule has 8 heteroatoms. The number of carbonyl (C=O) groups is 1. The van der Waals surface area contributed by atoms with Crippen molar-refractivity contribution in [3.8, 4) is 5.75 Å². The topological polar surface area (TPSA) is 87.7 Å². The van der Waals surface area contributed by atoms with Crippen LogP contribution in [0.2, 0.25) is 0 Å². The number of amides is 1. The van der Waals surface area contributed by atoms with Crippen molar-refractivity contribution in [3.05, 3.63) is 78.4 Å². The van der Waals surface area contributed by atoms with Crippen molar-refractivity contribution in [2.75, 3.05) is 17.3 Å². The van der Waals surface area contributed by atoms with E-state index in [2.05, 4.69) is 10.0 Å². The van der Waals surface area contributed by atoms with Gasteiger partial charge < -0.3 is 15.0 Å². The number of anilines is 3. The van der Waals surface area contributed by atoms with Crippen LogP contribution in [0, 0.1) is 0 Å². The van der Waals surface area contributed by atoms with Crippen molar-refractivity contribution in [1.82, 2.24) is 4.72 Å². The van der Waals surface area contributed by atoms with E-state index in [9.17, 15) is 13.2 Å². The molecule has 0 saturated carbocycles. The average Bonchev–Trinajstić information content (AvgIpc) is 2.79. The zero-order valence-corrected chi connectivity index (χ0v) is 21.8. The molecule has 2 N–H and O–H groups in total. The molecule has 0 spiro atoms. The Labute approximate surface area is 208 Å². The summed E-state index contributed by atoms with van der Waals surface area (Å²) in [6, 6.07) is 21.7. The van der Waals surface area contributed by atoms with Gasteiger partial charge in [0.1, 0.15) is 10.6 Å². The molecule has 35 heavy (non-hydrogen) atoms. The molecule has 0 fully saturated rings. The molecule has 0 heterocycles. The Hall–Kier alpha value is -3.36. The number of carbonyl (C=O) groups excluding carboxylic acids is 1. The highest BCUT2D eigenvalue weighted by atomic mass is 32.2. The highest BCUT2D eigenvalue weighted by molar-refractivity contribution is 7.89. The number of hydrogen-bond acceptors (Lipinski definition) is 5. The van der Waals surface area contributed by atoms with E-state index in [4.69, 9.17) is 4.74 Å². The monoisotopic (exact) mass is 495 g/mol. The third-order valence-electron chi connectivity index (χ3n) is 5.08. The lowest BCUT2D eigenvalue weighted by atomic mass is 10.1. The van der Waals surface area contributed by atoms with Crippen molar-refractivity contribution >= 4 is 33.0 Å². The van der Waals surface area contributed by atoms with Crippen molar-refractivity contribution in [3.63, 3.8) is 0 Å². The molecule has 0 radical (unpaired) electrons. The minimum atomic E-state index is -3.92. The van der Waals surface area contributed by atoms with Crippen LogP contribution in [0.5, 0.6) is 5.75 Å². The maximum absolute atomic E-state index is 13.6. The lowest BCUT2D eigenvalue weighted by molar-refractivity contribution is 0.0980. The van der Waals surface area contributed by atoms with Gasteiger partial charge in [0.25, 0.3) is 5.91 Å². The lowest BCUT2D eigenvalue weighted by Gasteiger charge is -2.28. The fraction of sp³-hybridized carbons (Fsp3) is 0.296. The van der Waals surface area contributed by atoms with Gasteiger partial charge in [0.2, 0.25) is 10.0 Å². The van der Waals surface area contributed by atoms with E-state index in [-0.39, 0.29) is 28.2 Å². The van der Waals surface area contributed by atoms with E-state index in [1.54, 1.807) is 31.7 Å². The van der Waals surface area contributed by atoms with Crippen molar-refractivity contribution < 1.29 is 17.9 Å². The Morgan fingerprint density at radius 3 is 2.06 bits per heavy atom. The number of methoxy groups -OCH3 is 1. The molecule has 0 atom stereocenters. The Morgan fingerprint density at radius 2 is 1.51 bits per heavy atom. The highest BCUT2D eigenvalue weighted by Gasteiger charge is 2.28. The Balaban J connectivity index is 1.93. The molecule has 7 nitrogen and oxygen atoms in total. The van der Waals surface area contributed by atoms with Crippen LogP contribution in [0.4, 0.5) is 17.1 Å². The van der Waals surface area contributed by atoms with Gasteiger partial charge in [-0.1, -0.05) is 18.2 Å². The minimum Gasteiger partial charge on any atom is -0.495 e. The fourth-order valence-corrected chi connectivity index (χ4v) is 5.27. The standard InChI is InChI=1S/C27H33N3O4S/c1-19(2)30(23-15-13-22(14-16-23)28-21-10-8-7-9-11-21)26(31)20-12-17-24(34-6)25(18-20)35(32,33)29-27(3,4)5/h7-19,28-29H,1-6H3. The molecule has 0 aromatic heterocycles. The van der Waals surface area contributed by atoms with Gasteiger partial charge in [0, 0.05) is 34.2 Å². The predicted molar refractivity (Wildman–Crippen MR) is 141 cm³/mol. The smallest absolute Gasteiger partial charge is 0.258 e. The molecule has 0 aliphatic carbocycles. The van der Waals surface area contributed by atoms with E-state index in [0.29, 0.717) is 5.69 Å². The summed E-state index contributed by atoms with van der Waals surface area (Å²) in [5.74, 6) is -0.135. The van der Waals surface area contributed by atoms with Gasteiger partial charge in [-0.25, -0.2) is 13.1 Å². The maximum Gasteiger partial charge on any atom is 0.258 e. The average molecular weight is 496 g/mol. The number of nitrogens with zero attached hydrogens (tertiary/aromatic N) is 1. The van der Waals surface area contributed by atoms with Crippen LogP contribution < -0.4 is 19.7 Å². The molecule has 0 aliphatic rings. The SMILES string of the molecule is COc1ccc(C(=O)N(c2ccc(Nc3ccccc3)cc2)C(C)C)cc1S(=O)(=O)NC(C)(C)C. The van der Waals surface area contributed by atoms with Crippen molar-refractivity contribution in [2.24, 2.45) is 0 Å². The second-order valence-corrected chi connectivity index (χ2v) is 11.2. The van der Waals surface area contributed by atoms with E-state index < -0.39 is 15.6 Å². The third-order valence-corrected chi connectivity index (χ3v) is 6.86. The molecule has 186 valence electrons. The zero-order chi connectivity index (χ0) is 25.8. The molecule has 1 amide bonds. The summed E-state index contributed by atoms with van der Waals surface area (Å²) < 4.78 is 34.0. The Morgan fingerprint density at radius 1 is 0.914 bits per heavy atom. The second-order valence-electron chi connectivity index (χ2n) is 9.53. The molecular formula is C27H33N3O4S. The van der Waals surface area contributed by atoms with Crippen LogP contribution in [0.1, 0.15) is 45.0 Å². The fourth-order valence-electron chi connectivity index (χ4n) is 3.66. The molecule has 0 aliphatic heterocycles. The Kier molecular flexibility index (Phi) is 7.87.